The van der Waals surface area contributed by atoms with E-state index in [0.29, 0.717) is 0 Å². The van der Waals surface area contributed by atoms with E-state index < -0.39 is 0 Å². The molecular weight excluding hydrogens is 268 g/mol. The Morgan fingerprint density at radius 3 is 2.69 bits per heavy atom. The normalized spacial score (nSPS) is 8.62. The molecule has 0 unspecified atom stereocenters. The van der Waals surface area contributed by atoms with Crippen LogP contribution in [0.4, 0.5) is 5.82 Å². The Balaban J connectivity index is 0.000000673. The zero-order valence-corrected chi connectivity index (χ0v) is 11.2. The molecule has 0 radical (unpaired) electrons. The van der Waals surface area contributed by atoms with Crippen LogP contribution >= 0.6 is 15.9 Å². The molecule has 1 aromatic rings. The van der Waals surface area contributed by atoms with E-state index in [1.807, 2.05) is 18.2 Å². The average Bonchev–Trinajstić information content (AvgIpc) is 2.26. The summed E-state index contributed by atoms with van der Waals surface area (Å²) in [6.45, 7) is 6.40. The molecule has 4 nitrogen and oxygen atoms in total. The van der Waals surface area contributed by atoms with E-state index in [1.54, 1.807) is 6.07 Å². The fraction of sp³-hybridized carbons (Fsp3) is 0.455. The first-order chi connectivity index (χ1) is 7.74. The first-order valence-corrected chi connectivity index (χ1v) is 5.91. The van der Waals surface area contributed by atoms with Gasteiger partial charge in [-0.2, -0.15) is 5.26 Å². The Labute approximate surface area is 105 Å². The number of nitrogens with zero attached hydrogens (tertiary/aromatic N) is 2. The number of halogens is 1. The van der Waals surface area contributed by atoms with Gasteiger partial charge in [0.1, 0.15) is 10.4 Å². The molecule has 88 valence electrons. The minimum Gasteiger partial charge on any atom is -0.369 e. The van der Waals surface area contributed by atoms with Crippen LogP contribution in [-0.4, -0.2) is 24.6 Å². The van der Waals surface area contributed by atoms with Crippen molar-refractivity contribution < 1.29 is 0 Å². The van der Waals surface area contributed by atoms with Crippen LogP contribution in [0.3, 0.4) is 0 Å². The monoisotopic (exact) mass is 284 g/mol. The highest BCUT2D eigenvalue weighted by Gasteiger charge is 1.92. The molecule has 0 atom stereocenters. The average molecular weight is 285 g/mol. The molecule has 0 aliphatic heterocycles. The first kappa shape index (κ1) is 14.9. The topological polar surface area (TPSA) is 60.7 Å². The third kappa shape index (κ3) is 8.21. The summed E-state index contributed by atoms with van der Waals surface area (Å²) in [5, 5.41) is 13.8. The molecule has 0 aliphatic carbocycles. The Morgan fingerprint density at radius 2 is 2.12 bits per heavy atom. The molecule has 0 spiro atoms. The van der Waals surface area contributed by atoms with Crippen LogP contribution in [0.5, 0.6) is 0 Å². The van der Waals surface area contributed by atoms with Gasteiger partial charge in [0.15, 0.2) is 0 Å². The lowest BCUT2D eigenvalue weighted by molar-refractivity contribution is 0.737. The van der Waals surface area contributed by atoms with Gasteiger partial charge in [-0.05, 0) is 34.6 Å². The van der Waals surface area contributed by atoms with Gasteiger partial charge in [0, 0.05) is 20.0 Å². The van der Waals surface area contributed by atoms with Gasteiger partial charge in [-0.15, -0.1) is 0 Å². The highest BCUT2D eigenvalue weighted by molar-refractivity contribution is 9.10. The summed E-state index contributed by atoms with van der Waals surface area (Å²) in [6.07, 6.45) is 0. The van der Waals surface area contributed by atoms with Crippen molar-refractivity contribution in [3.05, 3.63) is 22.8 Å². The minimum atomic E-state index is 0.862. The third-order valence-electron chi connectivity index (χ3n) is 1.57. The molecule has 0 fully saturated rings. The molecule has 1 heterocycles. The number of aromatic nitrogens is 1. The van der Waals surface area contributed by atoms with E-state index >= 15 is 0 Å². The Kier molecular flexibility index (Phi) is 9.67. The van der Waals surface area contributed by atoms with Crippen molar-refractivity contribution in [2.75, 3.05) is 25.0 Å². The third-order valence-corrected chi connectivity index (χ3v) is 2.01. The smallest absolute Gasteiger partial charge is 0.127 e. The summed E-state index contributed by atoms with van der Waals surface area (Å²) < 4.78 is 0.862. The van der Waals surface area contributed by atoms with Crippen LogP contribution in [0.15, 0.2) is 22.8 Å². The molecule has 2 N–H and O–H groups in total. The maximum Gasteiger partial charge on any atom is 0.127 e. The summed E-state index contributed by atoms with van der Waals surface area (Å²) >= 11 is 3.32. The van der Waals surface area contributed by atoms with Gasteiger partial charge in [-0.25, -0.2) is 4.98 Å². The van der Waals surface area contributed by atoms with Gasteiger partial charge >= 0.3 is 0 Å². The largest absolute Gasteiger partial charge is 0.369 e. The van der Waals surface area contributed by atoms with E-state index in [0.717, 1.165) is 30.1 Å². The number of hydrogen-bond acceptors (Lipinski definition) is 4. The standard InChI is InChI=1S/C9H14BrN3.C2H3N/c1-2-11-6-7-12-9-5-3-4-8(10)13-9;1-2-3/h3-5,11H,2,6-7H2,1H3,(H,12,13);1H3. The van der Waals surface area contributed by atoms with Crippen molar-refractivity contribution in [3.63, 3.8) is 0 Å². The summed E-state index contributed by atoms with van der Waals surface area (Å²) in [4.78, 5) is 4.25. The number of anilines is 1. The summed E-state index contributed by atoms with van der Waals surface area (Å²) in [5.74, 6) is 0.910. The lowest BCUT2D eigenvalue weighted by Gasteiger charge is -2.05. The van der Waals surface area contributed by atoms with Crippen LogP contribution in [-0.2, 0) is 0 Å². The second-order valence-electron chi connectivity index (χ2n) is 2.85. The Bertz CT molecular complexity index is 322. The molecule has 0 saturated carbocycles. The van der Waals surface area contributed by atoms with Crippen molar-refractivity contribution in [1.29, 1.82) is 5.26 Å². The first-order valence-electron chi connectivity index (χ1n) is 5.12. The molecule has 1 rings (SSSR count). The fourth-order valence-electron chi connectivity index (χ4n) is 0.962. The molecular formula is C11H17BrN4. The van der Waals surface area contributed by atoms with Crippen molar-refractivity contribution >= 4 is 21.7 Å². The molecule has 0 amide bonds. The zero-order valence-electron chi connectivity index (χ0n) is 9.63. The van der Waals surface area contributed by atoms with Crippen LogP contribution in [0.1, 0.15) is 13.8 Å². The van der Waals surface area contributed by atoms with Crippen molar-refractivity contribution in [2.45, 2.75) is 13.8 Å². The number of pyridine rings is 1. The molecule has 0 bridgehead atoms. The van der Waals surface area contributed by atoms with E-state index in [-0.39, 0.29) is 0 Å². The predicted octanol–water partition coefficient (Wildman–Crippen LogP) is 2.40. The second-order valence-corrected chi connectivity index (χ2v) is 3.66. The molecule has 0 aliphatic rings. The van der Waals surface area contributed by atoms with Crippen molar-refractivity contribution in [1.82, 2.24) is 10.3 Å². The predicted molar refractivity (Wildman–Crippen MR) is 70.3 cm³/mol. The highest BCUT2D eigenvalue weighted by Crippen LogP contribution is 2.09. The number of nitrogens with one attached hydrogen (secondary N) is 2. The fourth-order valence-corrected chi connectivity index (χ4v) is 1.31. The molecule has 0 saturated heterocycles. The summed E-state index contributed by atoms with van der Waals surface area (Å²) in [5.41, 5.74) is 0. The number of likely N-dealkylation sites (N-methyl/N-ethyl adjacent to an activating group) is 1. The van der Waals surface area contributed by atoms with Gasteiger partial charge in [-0.3, -0.25) is 0 Å². The van der Waals surface area contributed by atoms with Crippen LogP contribution in [0, 0.1) is 11.3 Å². The quantitative estimate of drug-likeness (QED) is 0.644. The molecule has 1 aromatic heterocycles. The number of nitriles is 1. The van der Waals surface area contributed by atoms with E-state index in [2.05, 4.69) is 38.5 Å². The summed E-state index contributed by atoms with van der Waals surface area (Å²) in [6, 6.07) is 7.58. The maximum atomic E-state index is 7.32. The van der Waals surface area contributed by atoms with Gasteiger partial charge < -0.3 is 10.6 Å². The molecule has 16 heavy (non-hydrogen) atoms. The number of rotatable bonds is 5. The van der Waals surface area contributed by atoms with E-state index in [4.69, 9.17) is 5.26 Å². The highest BCUT2D eigenvalue weighted by atomic mass is 79.9. The zero-order chi connectivity index (χ0) is 12.2. The lowest BCUT2D eigenvalue weighted by atomic mass is 10.4. The van der Waals surface area contributed by atoms with Gasteiger partial charge in [-0.1, -0.05) is 13.0 Å². The van der Waals surface area contributed by atoms with Gasteiger partial charge in [0.2, 0.25) is 0 Å². The number of hydrogen-bond donors (Lipinski definition) is 2. The van der Waals surface area contributed by atoms with Gasteiger partial charge in [0.05, 0.1) is 6.07 Å². The van der Waals surface area contributed by atoms with E-state index in [1.165, 1.54) is 6.92 Å². The SMILES string of the molecule is CC#N.CCNCCNc1cccc(Br)n1. The van der Waals surface area contributed by atoms with Crippen molar-refractivity contribution in [2.24, 2.45) is 0 Å². The Morgan fingerprint density at radius 1 is 1.44 bits per heavy atom. The van der Waals surface area contributed by atoms with Crippen LogP contribution in [0.2, 0.25) is 0 Å². The maximum absolute atomic E-state index is 7.32. The van der Waals surface area contributed by atoms with Crippen LogP contribution in [0.25, 0.3) is 0 Å². The minimum absolute atomic E-state index is 0.862. The van der Waals surface area contributed by atoms with Crippen LogP contribution < -0.4 is 10.6 Å². The molecule has 0 aromatic carbocycles. The van der Waals surface area contributed by atoms with Gasteiger partial charge in [0.25, 0.3) is 0 Å². The Hall–Kier alpha value is -1.12. The molecule has 5 heteroatoms. The van der Waals surface area contributed by atoms with E-state index in [9.17, 15) is 0 Å². The summed E-state index contributed by atoms with van der Waals surface area (Å²) in [7, 11) is 0. The lowest BCUT2D eigenvalue weighted by Crippen LogP contribution is -2.21. The van der Waals surface area contributed by atoms with Crippen molar-refractivity contribution in [3.8, 4) is 6.07 Å². The second kappa shape index (κ2) is 10.4.